The average molecular weight is 279 g/mol. The van der Waals surface area contributed by atoms with Crippen LogP contribution in [0.25, 0.3) is 0 Å². The van der Waals surface area contributed by atoms with Crippen LogP contribution in [-0.2, 0) is 0 Å². The molecule has 86 valence electrons. The maximum atomic E-state index is 2.47. The number of hydrogen-bond acceptors (Lipinski definition) is 4. The van der Waals surface area contributed by atoms with Crippen molar-refractivity contribution in [1.29, 1.82) is 0 Å². The van der Waals surface area contributed by atoms with Gasteiger partial charge in [-0.05, 0) is 34.1 Å². The van der Waals surface area contributed by atoms with Gasteiger partial charge in [0.15, 0.2) is 0 Å². The molecular formula is C11H18S4. The monoisotopic (exact) mass is 278 g/mol. The Hall–Kier alpha value is 1.40. The molecule has 0 radical (unpaired) electrons. The van der Waals surface area contributed by atoms with Crippen LogP contribution >= 0.6 is 47.0 Å². The Morgan fingerprint density at radius 2 is 1.13 bits per heavy atom. The zero-order chi connectivity index (χ0) is 11.1. The summed E-state index contributed by atoms with van der Waals surface area (Å²) in [7, 11) is 0. The van der Waals surface area contributed by atoms with Crippen LogP contribution in [0.1, 0.15) is 41.0 Å². The molecule has 15 heavy (non-hydrogen) atoms. The lowest BCUT2D eigenvalue weighted by Crippen LogP contribution is -2.61. The van der Waals surface area contributed by atoms with Crippen molar-refractivity contribution < 1.29 is 0 Å². The molecule has 4 heterocycles. The van der Waals surface area contributed by atoms with Gasteiger partial charge in [-0.3, -0.25) is 0 Å². The van der Waals surface area contributed by atoms with Crippen LogP contribution in [0.5, 0.6) is 0 Å². The van der Waals surface area contributed by atoms with Crippen molar-refractivity contribution in [2.24, 2.45) is 5.92 Å². The molecule has 0 aromatic rings. The minimum atomic E-state index is 0.438. The molecule has 4 bridgehead atoms. The highest BCUT2D eigenvalue weighted by atomic mass is 32.3. The largest absolute Gasteiger partial charge is 0.126 e. The van der Waals surface area contributed by atoms with Gasteiger partial charge < -0.3 is 0 Å². The van der Waals surface area contributed by atoms with Gasteiger partial charge in [0.05, 0.1) is 16.3 Å². The highest BCUT2D eigenvalue weighted by Gasteiger charge is 2.68. The van der Waals surface area contributed by atoms with E-state index in [1.807, 2.05) is 0 Å². The molecule has 0 unspecified atom stereocenters. The lowest BCUT2D eigenvalue weighted by molar-refractivity contribution is 0.462. The Bertz CT molecular complexity index is 283. The van der Waals surface area contributed by atoms with E-state index in [1.54, 1.807) is 0 Å². The molecule has 4 aliphatic heterocycles. The van der Waals surface area contributed by atoms with Gasteiger partial charge in [0.1, 0.15) is 0 Å². The van der Waals surface area contributed by atoms with Gasteiger partial charge in [0.25, 0.3) is 0 Å². The van der Waals surface area contributed by atoms with E-state index in [9.17, 15) is 0 Å². The Balaban J connectivity index is 2.12. The maximum Gasteiger partial charge on any atom is 0.0657 e. The van der Waals surface area contributed by atoms with Crippen LogP contribution in [-0.4, -0.2) is 16.3 Å². The Morgan fingerprint density at radius 1 is 0.800 bits per heavy atom. The van der Waals surface area contributed by atoms with Gasteiger partial charge in [-0.2, -0.15) is 0 Å². The number of thioether (sulfide) groups is 4. The molecule has 0 spiro atoms. The lowest BCUT2D eigenvalue weighted by atomic mass is 10.0. The van der Waals surface area contributed by atoms with E-state index in [0.29, 0.717) is 16.3 Å². The Kier molecular flexibility index (Phi) is 2.19. The average Bonchev–Trinajstić information content (AvgIpc) is 1.93. The van der Waals surface area contributed by atoms with Crippen LogP contribution < -0.4 is 0 Å². The van der Waals surface area contributed by atoms with E-state index in [4.69, 9.17) is 0 Å². The molecule has 0 atom stereocenters. The highest BCUT2D eigenvalue weighted by Crippen LogP contribution is 2.82. The summed E-state index contributed by atoms with van der Waals surface area (Å²) in [6.45, 7) is 12.3. The quantitative estimate of drug-likeness (QED) is 0.621. The first-order chi connectivity index (χ1) is 6.69. The molecule has 4 heteroatoms. The fourth-order valence-electron chi connectivity index (χ4n) is 3.36. The molecule has 4 fully saturated rings. The molecule has 0 N–H and O–H groups in total. The Morgan fingerprint density at radius 3 is 1.47 bits per heavy atom. The van der Waals surface area contributed by atoms with Crippen molar-refractivity contribution in [3.63, 3.8) is 0 Å². The second-order valence-corrected chi connectivity index (χ2v) is 14.5. The molecule has 0 saturated carbocycles. The molecule has 0 aromatic heterocycles. The maximum absolute atomic E-state index is 2.47. The summed E-state index contributed by atoms with van der Waals surface area (Å²) >= 11 is 8.92. The first-order valence-electron chi connectivity index (χ1n) is 5.49. The summed E-state index contributed by atoms with van der Waals surface area (Å²) < 4.78 is 1.79. The van der Waals surface area contributed by atoms with Gasteiger partial charge in [-0.1, -0.05) is 6.92 Å². The zero-order valence-electron chi connectivity index (χ0n) is 9.92. The topological polar surface area (TPSA) is 0 Å². The summed E-state index contributed by atoms with van der Waals surface area (Å²) in [4.78, 5) is 0. The van der Waals surface area contributed by atoms with Crippen LogP contribution in [0.3, 0.4) is 0 Å². The summed E-state index contributed by atoms with van der Waals surface area (Å²) in [5.74, 6) is 0.788. The molecule has 0 nitrogen and oxygen atoms in total. The van der Waals surface area contributed by atoms with E-state index < -0.39 is 0 Å². The van der Waals surface area contributed by atoms with Crippen molar-refractivity contribution in [3.8, 4) is 0 Å². The molecule has 4 saturated heterocycles. The van der Waals surface area contributed by atoms with Crippen LogP contribution in [0.4, 0.5) is 0 Å². The second-order valence-electron chi connectivity index (χ2n) is 5.61. The first-order valence-corrected chi connectivity index (χ1v) is 8.76. The minimum Gasteiger partial charge on any atom is -0.126 e. The van der Waals surface area contributed by atoms with Crippen LogP contribution in [0, 0.1) is 5.92 Å². The van der Waals surface area contributed by atoms with Gasteiger partial charge >= 0.3 is 0 Å². The van der Waals surface area contributed by atoms with Crippen molar-refractivity contribution in [1.82, 2.24) is 0 Å². The minimum absolute atomic E-state index is 0.438. The fourth-order valence-corrected chi connectivity index (χ4v) is 16.1. The van der Waals surface area contributed by atoms with Crippen molar-refractivity contribution in [2.45, 2.75) is 57.4 Å². The zero-order valence-corrected chi connectivity index (χ0v) is 13.2. The number of rotatable bonds is 0. The van der Waals surface area contributed by atoms with E-state index in [0.717, 1.165) is 5.92 Å². The second kappa shape index (κ2) is 2.86. The van der Waals surface area contributed by atoms with Crippen molar-refractivity contribution >= 4 is 47.0 Å². The molecule has 0 aromatic carbocycles. The van der Waals surface area contributed by atoms with E-state index in [1.165, 1.54) is 6.42 Å². The number of hydrogen-bond donors (Lipinski definition) is 0. The molecule has 4 aliphatic rings. The lowest BCUT2D eigenvalue weighted by Gasteiger charge is -2.68. The highest BCUT2D eigenvalue weighted by molar-refractivity contribution is 8.38. The van der Waals surface area contributed by atoms with Crippen molar-refractivity contribution in [3.05, 3.63) is 0 Å². The third-order valence-electron chi connectivity index (χ3n) is 3.89. The summed E-state index contributed by atoms with van der Waals surface area (Å²) in [5, 5.41) is 0. The standard InChI is InChI=1S/C11H18S4/c1-7-10(4)12-8(2)6-9(3,14-10)15-11(7,5)13-8/h7H,6H2,1-5H3. The Labute approximate surface area is 110 Å². The first kappa shape index (κ1) is 11.5. The third-order valence-corrected chi connectivity index (χ3v) is 11.2. The molecular weight excluding hydrogens is 260 g/mol. The van der Waals surface area contributed by atoms with Gasteiger partial charge in [0, 0.05) is 5.92 Å². The predicted octanol–water partition coefficient (Wildman–Crippen LogP) is 4.85. The molecule has 4 rings (SSSR count). The van der Waals surface area contributed by atoms with E-state index in [-0.39, 0.29) is 0 Å². The summed E-state index contributed by atoms with van der Waals surface area (Å²) in [5.41, 5.74) is 0. The third kappa shape index (κ3) is 1.47. The molecule has 0 amide bonds. The summed E-state index contributed by atoms with van der Waals surface area (Å²) in [6.07, 6.45) is 1.35. The normalized spacial score (nSPS) is 67.4. The van der Waals surface area contributed by atoms with Gasteiger partial charge in [-0.15, -0.1) is 47.0 Å². The van der Waals surface area contributed by atoms with Crippen LogP contribution in [0.2, 0.25) is 0 Å². The molecule has 0 aliphatic carbocycles. The smallest absolute Gasteiger partial charge is 0.0657 e. The van der Waals surface area contributed by atoms with Crippen LogP contribution in [0.15, 0.2) is 0 Å². The SMILES string of the molecule is CC1C2(C)SC3(C)CC(C)(S2)SC1(C)S3. The van der Waals surface area contributed by atoms with Crippen molar-refractivity contribution in [2.75, 3.05) is 0 Å². The van der Waals surface area contributed by atoms with Gasteiger partial charge in [0.2, 0.25) is 0 Å². The summed E-state index contributed by atoms with van der Waals surface area (Å²) in [6, 6.07) is 0. The fraction of sp³-hybridized carbons (Fsp3) is 1.00. The van der Waals surface area contributed by atoms with Gasteiger partial charge in [-0.25, -0.2) is 0 Å². The van der Waals surface area contributed by atoms with E-state index >= 15 is 0 Å². The van der Waals surface area contributed by atoms with E-state index in [2.05, 4.69) is 81.7 Å². The predicted molar refractivity (Wildman–Crippen MR) is 77.8 cm³/mol.